The first-order valence-electron chi connectivity index (χ1n) is 3.36. The van der Waals surface area contributed by atoms with Crippen molar-refractivity contribution in [3.05, 3.63) is 0 Å². The number of sulfonamides is 1. The Bertz CT molecular complexity index is 276. The van der Waals surface area contributed by atoms with Crippen LogP contribution in [-0.4, -0.2) is 31.6 Å². The lowest BCUT2D eigenvalue weighted by molar-refractivity contribution is -0.119. The minimum Gasteiger partial charge on any atom is -0.354 e. The molecule has 0 aromatic rings. The van der Waals surface area contributed by atoms with Gasteiger partial charge >= 0.3 is 0 Å². The van der Waals surface area contributed by atoms with E-state index in [0.29, 0.717) is 6.54 Å². The summed E-state index contributed by atoms with van der Waals surface area (Å²) in [6.45, 7) is 0.380. The van der Waals surface area contributed by atoms with E-state index in [1.165, 1.54) is 0 Å². The number of carbonyl (C=O) groups excluding carboxylic acids is 1. The molecule has 7 heteroatoms. The van der Waals surface area contributed by atoms with Crippen molar-refractivity contribution in [3.63, 3.8) is 0 Å². The van der Waals surface area contributed by atoms with Gasteiger partial charge in [0.1, 0.15) is 4.66 Å². The largest absolute Gasteiger partial charge is 0.354 e. The fourth-order valence-corrected chi connectivity index (χ4v) is 2.11. The topological polar surface area (TPSA) is 75.3 Å². The van der Waals surface area contributed by atoms with Gasteiger partial charge in [0.25, 0.3) is 0 Å². The van der Waals surface area contributed by atoms with Crippen molar-refractivity contribution in [1.29, 1.82) is 0 Å². The molecule has 0 aliphatic carbocycles. The van der Waals surface area contributed by atoms with E-state index in [-0.39, 0.29) is 23.0 Å². The monoisotopic (exact) mass is 256 g/mol. The Kier molecular flexibility index (Phi) is 3.08. The summed E-state index contributed by atoms with van der Waals surface area (Å²) < 4.78 is 24.2. The number of alkyl halides is 1. The lowest BCUT2D eigenvalue weighted by Crippen LogP contribution is -2.36. The van der Waals surface area contributed by atoms with Crippen LogP contribution in [0.2, 0.25) is 0 Å². The van der Waals surface area contributed by atoms with Crippen LogP contribution >= 0.6 is 15.9 Å². The van der Waals surface area contributed by atoms with Crippen molar-refractivity contribution in [3.8, 4) is 0 Å². The summed E-state index contributed by atoms with van der Waals surface area (Å²) in [5.74, 6) is -0.114. The Balaban J connectivity index is 2.48. The minimum absolute atomic E-state index is 0.114. The van der Waals surface area contributed by atoms with Gasteiger partial charge < -0.3 is 5.32 Å². The van der Waals surface area contributed by atoms with Crippen LogP contribution in [-0.2, 0) is 14.8 Å². The molecular weight excluding hydrogens is 248 g/mol. The maximum atomic E-state index is 11.0. The van der Waals surface area contributed by atoms with E-state index in [1.54, 1.807) is 0 Å². The van der Waals surface area contributed by atoms with Crippen LogP contribution in [0.3, 0.4) is 0 Å². The molecule has 1 aliphatic rings. The predicted octanol–water partition coefficient (Wildman–Crippen LogP) is -0.853. The van der Waals surface area contributed by atoms with Crippen molar-refractivity contribution in [1.82, 2.24) is 10.0 Å². The number of carbonyl (C=O) groups is 1. The quantitative estimate of drug-likeness (QED) is 0.646. The number of amides is 1. The second-order valence-electron chi connectivity index (χ2n) is 2.55. The summed E-state index contributed by atoms with van der Waals surface area (Å²) in [6.07, 6.45) is 0.228. The standard InChI is InChI=1S/C5H9BrN2O3S/c6-3-12(10,11)8-4-1-5(9)7-2-4/h4,8H,1-3H2,(H,7,9). The maximum Gasteiger partial charge on any atom is 0.221 e. The van der Waals surface area contributed by atoms with Crippen LogP contribution in [0.25, 0.3) is 0 Å². The number of hydrogen-bond donors (Lipinski definition) is 2. The van der Waals surface area contributed by atoms with Crippen LogP contribution in [0, 0.1) is 0 Å². The predicted molar refractivity (Wildman–Crippen MR) is 47.3 cm³/mol. The Morgan fingerprint density at radius 1 is 1.67 bits per heavy atom. The van der Waals surface area contributed by atoms with Crippen molar-refractivity contribution in [2.24, 2.45) is 0 Å². The van der Waals surface area contributed by atoms with Crippen LogP contribution in [0.15, 0.2) is 0 Å². The van der Waals surface area contributed by atoms with Gasteiger partial charge in [0, 0.05) is 19.0 Å². The zero-order chi connectivity index (χ0) is 9.19. The van der Waals surface area contributed by atoms with Crippen LogP contribution in [0.4, 0.5) is 0 Å². The molecular formula is C5H9BrN2O3S. The number of hydrogen-bond acceptors (Lipinski definition) is 3. The lowest BCUT2D eigenvalue weighted by atomic mass is 10.3. The molecule has 0 aromatic carbocycles. The molecule has 2 N–H and O–H groups in total. The molecule has 1 aliphatic heterocycles. The third-order valence-electron chi connectivity index (χ3n) is 1.47. The summed E-state index contributed by atoms with van der Waals surface area (Å²) in [5, 5.41) is 2.54. The second-order valence-corrected chi connectivity index (χ2v) is 5.60. The fraction of sp³-hybridized carbons (Fsp3) is 0.800. The third-order valence-corrected chi connectivity index (χ3v) is 4.26. The Morgan fingerprint density at radius 2 is 2.33 bits per heavy atom. The Morgan fingerprint density at radius 3 is 2.75 bits per heavy atom. The van der Waals surface area contributed by atoms with E-state index in [4.69, 9.17) is 0 Å². The molecule has 0 saturated carbocycles. The first-order chi connectivity index (χ1) is 5.53. The highest BCUT2D eigenvalue weighted by Gasteiger charge is 2.24. The highest BCUT2D eigenvalue weighted by molar-refractivity contribution is 9.10. The first-order valence-corrected chi connectivity index (χ1v) is 6.13. The van der Waals surface area contributed by atoms with Crippen LogP contribution in [0.1, 0.15) is 6.42 Å². The van der Waals surface area contributed by atoms with E-state index in [9.17, 15) is 13.2 Å². The molecule has 0 aromatic heterocycles. The zero-order valence-electron chi connectivity index (χ0n) is 6.21. The average Bonchev–Trinajstić information content (AvgIpc) is 2.35. The Hall–Kier alpha value is -0.140. The molecule has 1 rings (SSSR count). The summed E-state index contributed by atoms with van der Waals surface area (Å²) in [5.41, 5.74) is 0. The van der Waals surface area contributed by atoms with E-state index in [1.807, 2.05) is 0 Å². The molecule has 0 radical (unpaired) electrons. The molecule has 0 bridgehead atoms. The first kappa shape index (κ1) is 9.94. The summed E-state index contributed by atoms with van der Waals surface area (Å²) in [6, 6.07) is -0.292. The fourth-order valence-electron chi connectivity index (χ4n) is 0.974. The number of nitrogens with one attached hydrogen (secondary N) is 2. The molecule has 12 heavy (non-hydrogen) atoms. The van der Waals surface area contributed by atoms with Crippen molar-refractivity contribution < 1.29 is 13.2 Å². The molecule has 5 nitrogen and oxygen atoms in total. The molecule has 1 amide bonds. The van der Waals surface area contributed by atoms with E-state index in [2.05, 4.69) is 26.0 Å². The average molecular weight is 257 g/mol. The third kappa shape index (κ3) is 2.72. The summed E-state index contributed by atoms with van der Waals surface area (Å²) in [7, 11) is -3.25. The zero-order valence-corrected chi connectivity index (χ0v) is 8.61. The molecule has 70 valence electrons. The van der Waals surface area contributed by atoms with Crippen molar-refractivity contribution >= 4 is 31.9 Å². The van der Waals surface area contributed by atoms with Crippen LogP contribution < -0.4 is 10.0 Å². The molecule has 1 unspecified atom stereocenters. The van der Waals surface area contributed by atoms with Gasteiger partial charge in [-0.2, -0.15) is 0 Å². The summed E-state index contributed by atoms with van der Waals surface area (Å²) in [4.78, 5) is 10.7. The highest BCUT2D eigenvalue weighted by atomic mass is 79.9. The van der Waals surface area contributed by atoms with Gasteiger partial charge in [-0.05, 0) is 0 Å². The van der Waals surface area contributed by atoms with Gasteiger partial charge in [-0.15, -0.1) is 0 Å². The lowest BCUT2D eigenvalue weighted by Gasteiger charge is -2.07. The number of halogens is 1. The number of rotatable bonds is 3. The molecule has 0 spiro atoms. The second kappa shape index (κ2) is 3.71. The molecule has 1 fully saturated rings. The van der Waals surface area contributed by atoms with E-state index >= 15 is 0 Å². The van der Waals surface area contributed by atoms with Gasteiger partial charge in [-0.1, -0.05) is 15.9 Å². The smallest absolute Gasteiger partial charge is 0.221 e. The molecule has 1 atom stereocenters. The van der Waals surface area contributed by atoms with Crippen molar-refractivity contribution in [2.75, 3.05) is 11.2 Å². The SMILES string of the molecule is O=C1CC(NS(=O)(=O)CBr)CN1. The maximum absolute atomic E-state index is 11.0. The van der Waals surface area contributed by atoms with Crippen LogP contribution in [0.5, 0.6) is 0 Å². The Labute approximate surface area is 79.1 Å². The van der Waals surface area contributed by atoms with E-state index in [0.717, 1.165) is 0 Å². The molecule has 1 heterocycles. The van der Waals surface area contributed by atoms with Crippen molar-refractivity contribution in [2.45, 2.75) is 12.5 Å². The highest BCUT2D eigenvalue weighted by Crippen LogP contribution is 2.02. The van der Waals surface area contributed by atoms with Gasteiger partial charge in [-0.3, -0.25) is 4.79 Å². The molecule has 1 saturated heterocycles. The normalized spacial score (nSPS) is 24.1. The van der Waals surface area contributed by atoms with Gasteiger partial charge in [0.15, 0.2) is 0 Å². The van der Waals surface area contributed by atoms with Gasteiger partial charge in [0.05, 0.1) is 0 Å². The van der Waals surface area contributed by atoms with Gasteiger partial charge in [0.2, 0.25) is 15.9 Å². The van der Waals surface area contributed by atoms with E-state index < -0.39 is 10.0 Å². The minimum atomic E-state index is -3.25. The summed E-state index contributed by atoms with van der Waals surface area (Å²) >= 11 is 2.84. The van der Waals surface area contributed by atoms with Gasteiger partial charge in [-0.25, -0.2) is 13.1 Å².